The van der Waals surface area contributed by atoms with Crippen molar-refractivity contribution in [2.24, 2.45) is 5.92 Å². The van der Waals surface area contributed by atoms with Gasteiger partial charge in [0.25, 0.3) is 0 Å². The van der Waals surface area contributed by atoms with Gasteiger partial charge < -0.3 is 10.6 Å². The lowest BCUT2D eigenvalue weighted by Crippen LogP contribution is -2.41. The largest absolute Gasteiger partial charge is 0.384 e. The zero-order valence-corrected chi connectivity index (χ0v) is 9.48. The topological polar surface area (TPSA) is 42.1 Å². The highest BCUT2D eigenvalue weighted by molar-refractivity contribution is 5.49. The van der Waals surface area contributed by atoms with E-state index in [4.69, 9.17) is 5.73 Å². The molecule has 15 heavy (non-hydrogen) atoms. The molecule has 2 unspecified atom stereocenters. The van der Waals surface area contributed by atoms with Crippen LogP contribution in [-0.2, 0) is 0 Å². The molecular formula is C12H19N3. The highest BCUT2D eigenvalue weighted by Crippen LogP contribution is 2.26. The number of pyridine rings is 1. The molecule has 0 spiro atoms. The van der Waals surface area contributed by atoms with E-state index in [1.807, 2.05) is 12.3 Å². The lowest BCUT2D eigenvalue weighted by atomic mass is 9.95. The van der Waals surface area contributed by atoms with Gasteiger partial charge >= 0.3 is 0 Å². The van der Waals surface area contributed by atoms with Gasteiger partial charge in [-0.25, -0.2) is 4.98 Å². The van der Waals surface area contributed by atoms with E-state index in [9.17, 15) is 0 Å². The molecule has 1 fully saturated rings. The maximum absolute atomic E-state index is 5.59. The summed E-state index contributed by atoms with van der Waals surface area (Å²) in [5.74, 6) is 1.37. The predicted molar refractivity (Wildman–Crippen MR) is 63.9 cm³/mol. The molecule has 0 aromatic carbocycles. The molecular weight excluding hydrogens is 186 g/mol. The minimum Gasteiger partial charge on any atom is -0.384 e. The third-order valence-corrected chi connectivity index (χ3v) is 3.22. The Morgan fingerprint density at radius 1 is 1.33 bits per heavy atom. The minimum absolute atomic E-state index is 0.594. The molecule has 0 amide bonds. The van der Waals surface area contributed by atoms with E-state index < -0.39 is 0 Å². The van der Waals surface area contributed by atoms with E-state index in [0.29, 0.717) is 11.9 Å². The highest BCUT2D eigenvalue weighted by atomic mass is 15.2. The summed E-state index contributed by atoms with van der Waals surface area (Å²) in [6.45, 7) is 5.72. The van der Waals surface area contributed by atoms with Gasteiger partial charge in [-0.15, -0.1) is 0 Å². The Morgan fingerprint density at radius 3 is 2.80 bits per heavy atom. The Balaban J connectivity index is 2.17. The van der Waals surface area contributed by atoms with Crippen molar-refractivity contribution in [1.82, 2.24) is 4.98 Å². The first-order chi connectivity index (χ1) is 7.16. The van der Waals surface area contributed by atoms with Gasteiger partial charge in [-0.3, -0.25) is 0 Å². The highest BCUT2D eigenvalue weighted by Gasteiger charge is 2.22. The van der Waals surface area contributed by atoms with E-state index >= 15 is 0 Å². The van der Waals surface area contributed by atoms with Gasteiger partial charge in [-0.2, -0.15) is 0 Å². The van der Waals surface area contributed by atoms with Crippen molar-refractivity contribution in [3.05, 3.63) is 18.3 Å². The fraction of sp³-hybridized carbons (Fsp3) is 0.583. The van der Waals surface area contributed by atoms with Crippen LogP contribution < -0.4 is 10.6 Å². The van der Waals surface area contributed by atoms with Gasteiger partial charge in [0, 0.05) is 12.6 Å². The fourth-order valence-corrected chi connectivity index (χ4v) is 2.22. The molecule has 2 rings (SSSR count). The Kier molecular flexibility index (Phi) is 2.80. The van der Waals surface area contributed by atoms with Gasteiger partial charge in [0.2, 0.25) is 0 Å². The number of anilines is 2. The van der Waals surface area contributed by atoms with Crippen LogP contribution in [0.4, 0.5) is 11.5 Å². The van der Waals surface area contributed by atoms with Gasteiger partial charge in [0.1, 0.15) is 5.82 Å². The summed E-state index contributed by atoms with van der Waals surface area (Å²) in [5.41, 5.74) is 6.79. The van der Waals surface area contributed by atoms with Crippen LogP contribution in [0.1, 0.15) is 26.7 Å². The fourth-order valence-electron chi connectivity index (χ4n) is 2.22. The van der Waals surface area contributed by atoms with Crippen LogP contribution >= 0.6 is 0 Å². The van der Waals surface area contributed by atoms with Crippen molar-refractivity contribution in [2.75, 3.05) is 17.2 Å². The van der Waals surface area contributed by atoms with Gasteiger partial charge in [0.15, 0.2) is 0 Å². The van der Waals surface area contributed by atoms with E-state index in [-0.39, 0.29) is 0 Å². The summed E-state index contributed by atoms with van der Waals surface area (Å²) in [6, 6.07) is 4.56. The van der Waals surface area contributed by atoms with Crippen LogP contribution in [0.5, 0.6) is 0 Å². The Labute approximate surface area is 91.3 Å². The summed E-state index contributed by atoms with van der Waals surface area (Å²) in [4.78, 5) is 6.58. The summed E-state index contributed by atoms with van der Waals surface area (Å²) < 4.78 is 0. The molecule has 0 saturated carbocycles. The van der Waals surface area contributed by atoms with Crippen molar-refractivity contribution >= 4 is 11.5 Å². The molecule has 3 nitrogen and oxygen atoms in total. The van der Waals surface area contributed by atoms with E-state index in [0.717, 1.165) is 12.5 Å². The number of nitrogens with two attached hydrogens (primary N) is 1. The molecule has 1 aromatic rings. The Morgan fingerprint density at radius 2 is 2.13 bits per heavy atom. The van der Waals surface area contributed by atoms with Gasteiger partial charge in [0.05, 0.1) is 11.9 Å². The third-order valence-electron chi connectivity index (χ3n) is 3.22. The average Bonchev–Trinajstić information content (AvgIpc) is 2.23. The molecule has 3 heteroatoms. The molecule has 1 aromatic heterocycles. The van der Waals surface area contributed by atoms with Gasteiger partial charge in [-0.1, -0.05) is 6.92 Å². The van der Waals surface area contributed by atoms with E-state index in [2.05, 4.69) is 29.8 Å². The maximum atomic E-state index is 5.59. The normalized spacial score (nSPS) is 26.7. The number of aromatic nitrogens is 1. The van der Waals surface area contributed by atoms with Crippen molar-refractivity contribution in [2.45, 2.75) is 32.7 Å². The van der Waals surface area contributed by atoms with Crippen LogP contribution in [0.25, 0.3) is 0 Å². The lowest BCUT2D eigenvalue weighted by molar-refractivity contribution is 0.390. The number of hydrogen-bond donors (Lipinski definition) is 1. The standard InChI is InChI=1S/C12H19N3/c1-9-3-4-10(2)15(8-9)11-5-6-12(13)14-7-11/h5-7,9-10H,3-4,8H2,1-2H3,(H2,13,14). The molecule has 1 saturated heterocycles. The summed E-state index contributed by atoms with van der Waals surface area (Å²) in [6.07, 6.45) is 4.48. The Bertz CT molecular complexity index is 320. The SMILES string of the molecule is CC1CCC(C)N(c2ccc(N)nc2)C1. The second-order valence-corrected chi connectivity index (χ2v) is 4.63. The van der Waals surface area contributed by atoms with Crippen LogP contribution in [0.2, 0.25) is 0 Å². The molecule has 0 aliphatic carbocycles. The molecule has 2 atom stereocenters. The van der Waals surface area contributed by atoms with Crippen LogP contribution in [0.15, 0.2) is 18.3 Å². The summed E-state index contributed by atoms with van der Waals surface area (Å²) >= 11 is 0. The van der Waals surface area contributed by atoms with Crippen LogP contribution in [0.3, 0.4) is 0 Å². The predicted octanol–water partition coefficient (Wildman–Crippen LogP) is 2.29. The molecule has 1 aliphatic heterocycles. The summed E-state index contributed by atoms with van der Waals surface area (Å²) in [7, 11) is 0. The van der Waals surface area contributed by atoms with Crippen molar-refractivity contribution in [3.63, 3.8) is 0 Å². The first-order valence-corrected chi connectivity index (χ1v) is 5.65. The number of nitrogen functional groups attached to an aromatic ring is 1. The molecule has 82 valence electrons. The first kappa shape index (κ1) is 10.3. The van der Waals surface area contributed by atoms with E-state index in [1.54, 1.807) is 0 Å². The molecule has 1 aliphatic rings. The second kappa shape index (κ2) is 4.09. The molecule has 0 bridgehead atoms. The molecule has 2 N–H and O–H groups in total. The molecule has 0 radical (unpaired) electrons. The van der Waals surface area contributed by atoms with Crippen molar-refractivity contribution in [3.8, 4) is 0 Å². The van der Waals surface area contributed by atoms with Gasteiger partial charge in [-0.05, 0) is 37.8 Å². The van der Waals surface area contributed by atoms with Crippen molar-refractivity contribution < 1.29 is 0 Å². The maximum Gasteiger partial charge on any atom is 0.123 e. The first-order valence-electron chi connectivity index (χ1n) is 5.65. The zero-order chi connectivity index (χ0) is 10.8. The van der Waals surface area contributed by atoms with Crippen LogP contribution in [0, 0.1) is 5.92 Å². The summed E-state index contributed by atoms with van der Waals surface area (Å²) in [5, 5.41) is 0. The second-order valence-electron chi connectivity index (χ2n) is 4.63. The smallest absolute Gasteiger partial charge is 0.123 e. The Hall–Kier alpha value is -1.25. The van der Waals surface area contributed by atoms with E-state index in [1.165, 1.54) is 18.5 Å². The average molecular weight is 205 g/mol. The number of hydrogen-bond acceptors (Lipinski definition) is 3. The number of nitrogens with zero attached hydrogens (tertiary/aromatic N) is 2. The number of rotatable bonds is 1. The third kappa shape index (κ3) is 2.22. The molecule has 2 heterocycles. The lowest BCUT2D eigenvalue weighted by Gasteiger charge is -2.38. The zero-order valence-electron chi connectivity index (χ0n) is 9.48. The number of piperidine rings is 1. The van der Waals surface area contributed by atoms with Crippen molar-refractivity contribution in [1.29, 1.82) is 0 Å². The monoisotopic (exact) mass is 205 g/mol. The minimum atomic E-state index is 0.594. The quantitative estimate of drug-likeness (QED) is 0.765. The van der Waals surface area contributed by atoms with Crippen LogP contribution in [-0.4, -0.2) is 17.6 Å².